The summed E-state index contributed by atoms with van der Waals surface area (Å²) in [6.45, 7) is 7.91. The molecule has 1 saturated heterocycles. The fraction of sp³-hybridized carbons (Fsp3) is 0.381. The minimum Gasteiger partial charge on any atom is -0.384 e. The first-order valence-corrected chi connectivity index (χ1v) is 9.16. The van der Waals surface area contributed by atoms with E-state index in [0.29, 0.717) is 13.0 Å². The minimum atomic E-state index is 0.0166. The van der Waals surface area contributed by atoms with E-state index in [1.807, 2.05) is 18.2 Å². The van der Waals surface area contributed by atoms with Gasteiger partial charge in [-0.2, -0.15) is 0 Å². The molecule has 0 radical (unpaired) electrons. The highest BCUT2D eigenvalue weighted by atomic mass is 16.5. The summed E-state index contributed by atoms with van der Waals surface area (Å²) in [5.74, 6) is 0.0166. The van der Waals surface area contributed by atoms with Crippen molar-refractivity contribution in [1.29, 1.82) is 0 Å². The van der Waals surface area contributed by atoms with Gasteiger partial charge in [-0.15, -0.1) is 0 Å². The Kier molecular flexibility index (Phi) is 6.12. The van der Waals surface area contributed by atoms with E-state index < -0.39 is 0 Å². The second kappa shape index (κ2) is 8.72. The smallest absolute Gasteiger partial charge is 0.226 e. The Hall–Kier alpha value is -2.53. The van der Waals surface area contributed by atoms with Crippen LogP contribution in [-0.2, 0) is 9.53 Å². The van der Waals surface area contributed by atoms with Crippen LogP contribution in [-0.4, -0.2) is 38.8 Å². The summed E-state index contributed by atoms with van der Waals surface area (Å²) >= 11 is 0. The molecule has 0 spiro atoms. The van der Waals surface area contributed by atoms with Crippen LogP contribution in [0.3, 0.4) is 0 Å². The topological polar surface area (TPSA) is 53.6 Å². The van der Waals surface area contributed by atoms with Gasteiger partial charge in [0.25, 0.3) is 0 Å². The lowest BCUT2D eigenvalue weighted by Gasteiger charge is -2.30. The maximum atomic E-state index is 12.4. The quantitative estimate of drug-likeness (QED) is 0.833. The Labute approximate surface area is 155 Å². The maximum absolute atomic E-state index is 12.4. The van der Waals surface area contributed by atoms with Gasteiger partial charge in [0.05, 0.1) is 24.6 Å². The highest BCUT2D eigenvalue weighted by Crippen LogP contribution is 2.26. The molecule has 0 atom stereocenters. The highest BCUT2D eigenvalue weighted by Gasteiger charge is 2.15. The van der Waals surface area contributed by atoms with E-state index in [1.165, 1.54) is 11.1 Å². The van der Waals surface area contributed by atoms with Gasteiger partial charge < -0.3 is 20.3 Å². The van der Waals surface area contributed by atoms with E-state index >= 15 is 0 Å². The number of rotatable bonds is 6. The molecule has 1 amide bonds. The number of aryl methyl sites for hydroxylation is 2. The van der Waals surface area contributed by atoms with Crippen LogP contribution < -0.4 is 15.5 Å². The zero-order valence-electron chi connectivity index (χ0n) is 15.5. The predicted molar refractivity (Wildman–Crippen MR) is 107 cm³/mol. The Morgan fingerprint density at radius 1 is 1.08 bits per heavy atom. The molecule has 138 valence electrons. The second-order valence-corrected chi connectivity index (χ2v) is 6.66. The van der Waals surface area contributed by atoms with Gasteiger partial charge in [-0.25, -0.2) is 0 Å². The van der Waals surface area contributed by atoms with Crippen LogP contribution in [0.25, 0.3) is 0 Å². The number of morpholine rings is 1. The number of hydrogen-bond acceptors (Lipinski definition) is 4. The number of ether oxygens (including phenoxy) is 1. The molecule has 0 saturated carbocycles. The fourth-order valence-corrected chi connectivity index (χ4v) is 3.19. The van der Waals surface area contributed by atoms with E-state index in [4.69, 9.17) is 4.74 Å². The molecule has 1 fully saturated rings. The van der Waals surface area contributed by atoms with Gasteiger partial charge in [0.15, 0.2) is 0 Å². The number of para-hydroxylation sites is 2. The Morgan fingerprint density at radius 3 is 2.62 bits per heavy atom. The predicted octanol–water partition coefficient (Wildman–Crippen LogP) is 3.58. The zero-order valence-corrected chi connectivity index (χ0v) is 15.5. The molecule has 1 heterocycles. The average Bonchev–Trinajstić information content (AvgIpc) is 2.65. The monoisotopic (exact) mass is 353 g/mol. The molecule has 0 bridgehead atoms. The van der Waals surface area contributed by atoms with Crippen molar-refractivity contribution in [2.45, 2.75) is 20.3 Å². The van der Waals surface area contributed by atoms with Crippen molar-refractivity contribution in [2.75, 3.05) is 48.4 Å². The van der Waals surface area contributed by atoms with E-state index in [9.17, 15) is 4.79 Å². The Bertz CT molecular complexity index is 755. The molecule has 5 heteroatoms. The van der Waals surface area contributed by atoms with Gasteiger partial charge in [-0.05, 0) is 37.6 Å². The standard InChI is InChI=1S/C21H27N3O2/c1-16-7-8-18(17(2)15-16)22-10-9-21(25)23-19-5-3-4-6-20(19)24-11-13-26-14-12-24/h3-8,15,22H,9-14H2,1-2H3,(H,23,25). The lowest BCUT2D eigenvalue weighted by Crippen LogP contribution is -2.36. The number of amides is 1. The van der Waals surface area contributed by atoms with Crippen LogP contribution in [0, 0.1) is 13.8 Å². The third-order valence-electron chi connectivity index (χ3n) is 4.58. The van der Waals surface area contributed by atoms with Crippen molar-refractivity contribution < 1.29 is 9.53 Å². The molecule has 5 nitrogen and oxygen atoms in total. The summed E-state index contributed by atoms with van der Waals surface area (Å²) in [5, 5.41) is 6.40. The number of anilines is 3. The summed E-state index contributed by atoms with van der Waals surface area (Å²) < 4.78 is 5.42. The lowest BCUT2D eigenvalue weighted by atomic mass is 10.1. The van der Waals surface area contributed by atoms with E-state index in [2.05, 4.69) is 53.6 Å². The number of benzene rings is 2. The van der Waals surface area contributed by atoms with Crippen LogP contribution in [0.15, 0.2) is 42.5 Å². The molecule has 2 aromatic carbocycles. The molecular weight excluding hydrogens is 326 g/mol. The van der Waals surface area contributed by atoms with Crippen LogP contribution in [0.5, 0.6) is 0 Å². The van der Waals surface area contributed by atoms with Crippen molar-refractivity contribution in [3.63, 3.8) is 0 Å². The van der Waals surface area contributed by atoms with Crippen LogP contribution >= 0.6 is 0 Å². The largest absolute Gasteiger partial charge is 0.384 e. The number of hydrogen-bond donors (Lipinski definition) is 2. The van der Waals surface area contributed by atoms with Crippen LogP contribution in [0.4, 0.5) is 17.1 Å². The van der Waals surface area contributed by atoms with Crippen LogP contribution in [0.2, 0.25) is 0 Å². The van der Waals surface area contributed by atoms with E-state index in [0.717, 1.165) is 43.4 Å². The molecule has 26 heavy (non-hydrogen) atoms. The number of carbonyl (C=O) groups excluding carboxylic acids is 1. The van der Waals surface area contributed by atoms with E-state index in [1.54, 1.807) is 0 Å². The summed E-state index contributed by atoms with van der Waals surface area (Å²) in [4.78, 5) is 14.6. The van der Waals surface area contributed by atoms with Crippen molar-refractivity contribution in [2.24, 2.45) is 0 Å². The van der Waals surface area contributed by atoms with E-state index in [-0.39, 0.29) is 5.91 Å². The molecule has 2 N–H and O–H groups in total. The van der Waals surface area contributed by atoms with Crippen molar-refractivity contribution in [1.82, 2.24) is 0 Å². The highest BCUT2D eigenvalue weighted by molar-refractivity contribution is 5.94. The van der Waals surface area contributed by atoms with Crippen molar-refractivity contribution >= 4 is 23.0 Å². The van der Waals surface area contributed by atoms with Gasteiger partial charge in [0.1, 0.15) is 0 Å². The molecule has 0 aliphatic carbocycles. The third kappa shape index (κ3) is 4.76. The Balaban J connectivity index is 1.55. The molecule has 0 aromatic heterocycles. The first kappa shape index (κ1) is 18.3. The summed E-state index contributed by atoms with van der Waals surface area (Å²) in [6, 6.07) is 14.2. The normalized spacial score (nSPS) is 14.2. The summed E-state index contributed by atoms with van der Waals surface area (Å²) in [5.41, 5.74) is 5.45. The Morgan fingerprint density at radius 2 is 1.85 bits per heavy atom. The maximum Gasteiger partial charge on any atom is 0.226 e. The van der Waals surface area contributed by atoms with Gasteiger partial charge in [-0.3, -0.25) is 4.79 Å². The van der Waals surface area contributed by atoms with Gasteiger partial charge in [0, 0.05) is 31.7 Å². The fourth-order valence-electron chi connectivity index (χ4n) is 3.19. The minimum absolute atomic E-state index is 0.0166. The third-order valence-corrected chi connectivity index (χ3v) is 4.58. The molecule has 1 aliphatic rings. The summed E-state index contributed by atoms with van der Waals surface area (Å²) in [6.07, 6.45) is 0.421. The zero-order chi connectivity index (χ0) is 18.4. The van der Waals surface area contributed by atoms with Crippen molar-refractivity contribution in [3.05, 3.63) is 53.6 Å². The molecule has 3 rings (SSSR count). The lowest BCUT2D eigenvalue weighted by molar-refractivity contribution is -0.115. The molecule has 0 unspecified atom stereocenters. The number of nitrogens with one attached hydrogen (secondary N) is 2. The van der Waals surface area contributed by atoms with Crippen LogP contribution in [0.1, 0.15) is 17.5 Å². The SMILES string of the molecule is Cc1ccc(NCCC(=O)Nc2ccccc2N2CCOCC2)c(C)c1. The molecular formula is C21H27N3O2. The number of nitrogens with zero attached hydrogens (tertiary/aromatic N) is 1. The molecule has 2 aromatic rings. The average molecular weight is 353 g/mol. The van der Waals surface area contributed by atoms with Gasteiger partial charge >= 0.3 is 0 Å². The first-order chi connectivity index (χ1) is 12.6. The summed E-state index contributed by atoms with van der Waals surface area (Å²) in [7, 11) is 0. The second-order valence-electron chi connectivity index (χ2n) is 6.66. The first-order valence-electron chi connectivity index (χ1n) is 9.16. The van der Waals surface area contributed by atoms with Crippen molar-refractivity contribution in [3.8, 4) is 0 Å². The number of carbonyl (C=O) groups is 1. The van der Waals surface area contributed by atoms with Gasteiger partial charge in [-0.1, -0.05) is 29.8 Å². The molecule has 1 aliphatic heterocycles. The van der Waals surface area contributed by atoms with Gasteiger partial charge in [0.2, 0.25) is 5.91 Å².